The van der Waals surface area contributed by atoms with Gasteiger partial charge in [-0.25, -0.2) is 9.97 Å². The third-order valence-electron chi connectivity index (χ3n) is 5.42. The van der Waals surface area contributed by atoms with Gasteiger partial charge in [-0.3, -0.25) is 9.69 Å². The molecule has 0 atom stereocenters. The van der Waals surface area contributed by atoms with Crippen LogP contribution in [0.2, 0.25) is 0 Å². The van der Waals surface area contributed by atoms with Crippen molar-refractivity contribution in [2.24, 2.45) is 0 Å². The second-order valence-corrected chi connectivity index (χ2v) is 9.20. The summed E-state index contributed by atoms with van der Waals surface area (Å²) in [6.07, 6.45) is 3.00. The minimum Gasteiger partial charge on any atom is -0.348 e. The standard InChI is InChI=1S/C22H26N4OS2/c1-3-16-4-6-17(7-5-16)22-25-19(13-28-22)12-26-10-8-18(9-11-26)24-21(27)20-15(2)23-14-29-20/h4-7,13-14,18H,3,8-12H2,1-2H3,(H,24,27). The number of nitrogens with zero attached hydrogens (tertiary/aromatic N) is 3. The fraction of sp³-hybridized carbons (Fsp3) is 0.409. The van der Waals surface area contributed by atoms with Crippen molar-refractivity contribution in [2.45, 2.75) is 45.7 Å². The van der Waals surface area contributed by atoms with Gasteiger partial charge < -0.3 is 5.32 Å². The van der Waals surface area contributed by atoms with Crippen molar-refractivity contribution in [3.8, 4) is 10.6 Å². The van der Waals surface area contributed by atoms with Gasteiger partial charge in [-0.15, -0.1) is 22.7 Å². The minimum atomic E-state index is 0.0154. The largest absolute Gasteiger partial charge is 0.348 e. The summed E-state index contributed by atoms with van der Waals surface area (Å²) in [5.41, 5.74) is 6.22. The van der Waals surface area contributed by atoms with E-state index in [4.69, 9.17) is 4.98 Å². The molecule has 152 valence electrons. The molecule has 1 aliphatic heterocycles. The van der Waals surface area contributed by atoms with Gasteiger partial charge in [0.05, 0.1) is 16.9 Å². The molecule has 2 aromatic heterocycles. The number of aryl methyl sites for hydroxylation is 2. The van der Waals surface area contributed by atoms with Gasteiger partial charge in [-0.2, -0.15) is 0 Å². The summed E-state index contributed by atoms with van der Waals surface area (Å²) in [7, 11) is 0. The lowest BCUT2D eigenvalue weighted by Crippen LogP contribution is -2.44. The maximum absolute atomic E-state index is 12.4. The second-order valence-electron chi connectivity index (χ2n) is 7.49. The number of rotatable bonds is 6. The zero-order valence-corrected chi connectivity index (χ0v) is 18.5. The van der Waals surface area contributed by atoms with E-state index < -0.39 is 0 Å². The normalized spacial score (nSPS) is 15.5. The summed E-state index contributed by atoms with van der Waals surface area (Å²) in [4.78, 5) is 24.6. The molecule has 5 nitrogen and oxygen atoms in total. The molecule has 3 aromatic rings. The Kier molecular flexibility index (Phi) is 6.37. The summed E-state index contributed by atoms with van der Waals surface area (Å²) < 4.78 is 0. The van der Waals surface area contributed by atoms with Crippen LogP contribution in [0.15, 0.2) is 35.2 Å². The molecular weight excluding hydrogens is 400 g/mol. The summed E-state index contributed by atoms with van der Waals surface area (Å²) in [5.74, 6) is 0.0154. The monoisotopic (exact) mass is 426 g/mol. The Morgan fingerprint density at radius 2 is 1.97 bits per heavy atom. The number of aromatic nitrogens is 2. The number of nitrogens with one attached hydrogen (secondary N) is 1. The van der Waals surface area contributed by atoms with Gasteiger partial charge in [-0.1, -0.05) is 31.2 Å². The number of amides is 1. The van der Waals surface area contributed by atoms with E-state index >= 15 is 0 Å². The van der Waals surface area contributed by atoms with Crippen LogP contribution in [0.4, 0.5) is 0 Å². The highest BCUT2D eigenvalue weighted by atomic mass is 32.1. The van der Waals surface area contributed by atoms with Crippen molar-refractivity contribution in [2.75, 3.05) is 13.1 Å². The van der Waals surface area contributed by atoms with Crippen LogP contribution < -0.4 is 5.32 Å². The molecule has 1 fully saturated rings. The SMILES string of the molecule is CCc1ccc(-c2nc(CN3CCC(NC(=O)c4scnc4C)CC3)cs2)cc1. The first-order valence-corrected chi connectivity index (χ1v) is 11.9. The highest BCUT2D eigenvalue weighted by Gasteiger charge is 2.23. The summed E-state index contributed by atoms with van der Waals surface area (Å²) in [6, 6.07) is 8.94. The zero-order valence-electron chi connectivity index (χ0n) is 16.9. The molecule has 0 aliphatic carbocycles. The van der Waals surface area contributed by atoms with Gasteiger partial charge in [0.25, 0.3) is 5.91 Å². The second kappa shape index (κ2) is 9.15. The third-order valence-corrected chi connectivity index (χ3v) is 7.29. The average molecular weight is 427 g/mol. The maximum atomic E-state index is 12.4. The summed E-state index contributed by atoms with van der Waals surface area (Å²) in [6.45, 7) is 6.88. The number of likely N-dealkylation sites (tertiary alicyclic amines) is 1. The van der Waals surface area contributed by atoms with E-state index in [0.717, 1.165) is 60.2 Å². The number of carbonyl (C=O) groups excluding carboxylic acids is 1. The first-order chi connectivity index (χ1) is 14.1. The lowest BCUT2D eigenvalue weighted by molar-refractivity contribution is 0.0912. The van der Waals surface area contributed by atoms with Crippen LogP contribution in [0.5, 0.6) is 0 Å². The molecule has 0 saturated carbocycles. The Morgan fingerprint density at radius 1 is 1.21 bits per heavy atom. The van der Waals surface area contributed by atoms with Crippen molar-refractivity contribution in [1.82, 2.24) is 20.2 Å². The number of hydrogen-bond acceptors (Lipinski definition) is 6. The predicted octanol–water partition coefficient (Wildman–Crippen LogP) is 4.53. The van der Waals surface area contributed by atoms with E-state index in [1.807, 2.05) is 6.92 Å². The number of hydrogen-bond donors (Lipinski definition) is 1. The van der Waals surface area contributed by atoms with Gasteiger partial charge in [0.2, 0.25) is 0 Å². The topological polar surface area (TPSA) is 58.1 Å². The third kappa shape index (κ3) is 4.91. The first-order valence-electron chi connectivity index (χ1n) is 10.1. The molecule has 1 amide bonds. The van der Waals surface area contributed by atoms with Crippen molar-refractivity contribution in [3.63, 3.8) is 0 Å². The molecule has 1 aromatic carbocycles. The minimum absolute atomic E-state index is 0.0154. The van der Waals surface area contributed by atoms with Gasteiger partial charge in [-0.05, 0) is 31.7 Å². The Labute approximate surface area is 179 Å². The number of thiazole rings is 2. The molecule has 0 spiro atoms. The molecule has 1 N–H and O–H groups in total. The molecule has 1 saturated heterocycles. The van der Waals surface area contributed by atoms with E-state index in [1.54, 1.807) is 16.8 Å². The Hall–Kier alpha value is -2.09. The molecule has 0 radical (unpaired) electrons. The van der Waals surface area contributed by atoms with Gasteiger partial charge in [0.15, 0.2) is 0 Å². The van der Waals surface area contributed by atoms with Crippen LogP contribution in [-0.2, 0) is 13.0 Å². The zero-order chi connectivity index (χ0) is 20.2. The summed E-state index contributed by atoms with van der Waals surface area (Å²) in [5, 5.41) is 6.43. The summed E-state index contributed by atoms with van der Waals surface area (Å²) >= 11 is 3.12. The smallest absolute Gasteiger partial charge is 0.263 e. The molecule has 3 heterocycles. The van der Waals surface area contributed by atoms with Crippen molar-refractivity contribution in [1.29, 1.82) is 0 Å². The number of piperidine rings is 1. The first kappa shape index (κ1) is 20.2. The van der Waals surface area contributed by atoms with E-state index in [0.29, 0.717) is 0 Å². The predicted molar refractivity (Wildman–Crippen MR) is 120 cm³/mol. The Bertz CT molecular complexity index is 955. The maximum Gasteiger partial charge on any atom is 0.263 e. The molecule has 29 heavy (non-hydrogen) atoms. The van der Waals surface area contributed by atoms with E-state index in [-0.39, 0.29) is 11.9 Å². The van der Waals surface area contributed by atoms with Gasteiger partial charge in [0, 0.05) is 36.6 Å². The lowest BCUT2D eigenvalue weighted by atomic mass is 10.0. The number of carbonyl (C=O) groups is 1. The van der Waals surface area contributed by atoms with Gasteiger partial charge >= 0.3 is 0 Å². The van der Waals surface area contributed by atoms with Crippen molar-refractivity contribution < 1.29 is 4.79 Å². The lowest BCUT2D eigenvalue weighted by Gasteiger charge is -2.31. The molecular formula is C22H26N4OS2. The molecule has 4 rings (SSSR count). The molecule has 0 bridgehead atoms. The fourth-order valence-corrected chi connectivity index (χ4v) is 5.15. The molecule has 0 unspecified atom stereocenters. The van der Waals surface area contributed by atoms with Crippen molar-refractivity contribution >= 4 is 28.6 Å². The Morgan fingerprint density at radius 3 is 2.62 bits per heavy atom. The van der Waals surface area contributed by atoms with Crippen LogP contribution in [0, 0.1) is 6.92 Å². The average Bonchev–Trinajstić information content (AvgIpc) is 3.38. The van der Waals surface area contributed by atoms with Crippen LogP contribution in [0.3, 0.4) is 0 Å². The molecule has 7 heteroatoms. The van der Waals surface area contributed by atoms with E-state index in [9.17, 15) is 4.79 Å². The van der Waals surface area contributed by atoms with E-state index in [2.05, 4.69) is 51.8 Å². The quantitative estimate of drug-likeness (QED) is 0.629. The van der Waals surface area contributed by atoms with Crippen LogP contribution in [-0.4, -0.2) is 39.9 Å². The van der Waals surface area contributed by atoms with Crippen LogP contribution in [0.1, 0.15) is 46.4 Å². The highest BCUT2D eigenvalue weighted by Crippen LogP contribution is 2.25. The number of benzene rings is 1. The van der Waals surface area contributed by atoms with Crippen LogP contribution >= 0.6 is 22.7 Å². The fourth-order valence-electron chi connectivity index (χ4n) is 3.63. The van der Waals surface area contributed by atoms with Crippen LogP contribution in [0.25, 0.3) is 10.6 Å². The van der Waals surface area contributed by atoms with Crippen molar-refractivity contribution in [3.05, 3.63) is 57.0 Å². The Balaban J connectivity index is 1.28. The molecule has 1 aliphatic rings. The van der Waals surface area contributed by atoms with E-state index in [1.165, 1.54) is 22.5 Å². The van der Waals surface area contributed by atoms with Gasteiger partial charge in [0.1, 0.15) is 9.88 Å². The highest BCUT2D eigenvalue weighted by molar-refractivity contribution is 7.13.